The van der Waals surface area contributed by atoms with E-state index in [1.165, 1.54) is 7.11 Å². The highest BCUT2D eigenvalue weighted by atomic mass is 16.5. The first kappa shape index (κ1) is 20.9. The number of fused-ring (bicyclic) bond motifs is 1. The molecule has 0 aromatic heterocycles. The summed E-state index contributed by atoms with van der Waals surface area (Å²) in [5.74, 6) is -0.345. The number of aliphatic hydroxyl groups is 1. The Morgan fingerprint density at radius 1 is 1.16 bits per heavy atom. The average Bonchev–Trinajstić information content (AvgIpc) is 3.16. The predicted molar refractivity (Wildman–Crippen MR) is 123 cm³/mol. The summed E-state index contributed by atoms with van der Waals surface area (Å²) < 4.78 is 4.88. The minimum atomic E-state index is -0.845. The highest BCUT2D eigenvalue weighted by molar-refractivity contribution is 6.02. The smallest absolute Gasteiger partial charge is 0.337 e. The van der Waals surface area contributed by atoms with Gasteiger partial charge in [0, 0.05) is 29.4 Å². The highest BCUT2D eigenvalue weighted by Gasteiger charge is 2.39. The lowest BCUT2D eigenvalue weighted by atomic mass is 9.83. The van der Waals surface area contributed by atoms with Crippen LogP contribution in [0.3, 0.4) is 0 Å². The molecule has 2 aromatic rings. The van der Waals surface area contributed by atoms with Crippen LogP contribution in [0, 0.1) is 0 Å². The number of aliphatic hydroxyl groups excluding tert-OH is 1. The largest absolute Gasteiger partial charge is 0.465 e. The number of carbonyl (C=O) groups excluding carboxylic acids is 1. The number of hydrogen-bond acceptors (Lipinski definition) is 6. The molecule has 1 N–H and O–H groups in total. The van der Waals surface area contributed by atoms with Crippen LogP contribution in [0.15, 0.2) is 77.1 Å². The van der Waals surface area contributed by atoms with Crippen molar-refractivity contribution in [2.45, 2.75) is 32.4 Å². The third-order valence-corrected chi connectivity index (χ3v) is 6.08. The van der Waals surface area contributed by atoms with Crippen molar-refractivity contribution in [3.8, 4) is 0 Å². The maximum atomic E-state index is 12.0. The van der Waals surface area contributed by atoms with Gasteiger partial charge in [0.1, 0.15) is 0 Å². The Hall–Kier alpha value is -3.38. The van der Waals surface area contributed by atoms with Gasteiger partial charge in [0.15, 0.2) is 6.23 Å². The lowest BCUT2D eigenvalue weighted by Crippen LogP contribution is -2.27. The summed E-state index contributed by atoms with van der Waals surface area (Å²) in [5.41, 5.74) is 5.76. The van der Waals surface area contributed by atoms with Crippen LogP contribution in [0.1, 0.15) is 36.7 Å². The van der Waals surface area contributed by atoms with E-state index in [1.54, 1.807) is 11.1 Å². The second-order valence-corrected chi connectivity index (χ2v) is 8.32. The van der Waals surface area contributed by atoms with E-state index in [0.717, 1.165) is 33.9 Å². The number of carbonyl (C=O) groups is 1. The molecule has 6 nitrogen and oxygen atoms in total. The highest BCUT2D eigenvalue weighted by Crippen LogP contribution is 2.47. The number of anilines is 2. The van der Waals surface area contributed by atoms with E-state index >= 15 is 0 Å². The average molecular weight is 418 g/mol. The second-order valence-electron chi connectivity index (χ2n) is 8.32. The molecule has 31 heavy (non-hydrogen) atoms. The molecule has 2 aromatic carbocycles. The van der Waals surface area contributed by atoms with Crippen molar-refractivity contribution < 1.29 is 14.6 Å². The van der Waals surface area contributed by atoms with Crippen LogP contribution in [0.5, 0.6) is 0 Å². The fraction of sp³-hybridized carbons (Fsp3) is 0.280. The van der Waals surface area contributed by atoms with E-state index in [9.17, 15) is 9.90 Å². The van der Waals surface area contributed by atoms with Gasteiger partial charge in [-0.1, -0.05) is 38.1 Å². The van der Waals surface area contributed by atoms with Crippen LogP contribution < -0.4 is 9.91 Å². The molecular weight excluding hydrogens is 390 g/mol. The first-order valence-corrected chi connectivity index (χ1v) is 10.2. The molecular formula is C25H27N3O3. The summed E-state index contributed by atoms with van der Waals surface area (Å²) in [7, 11) is 3.40. The number of allylic oxidation sites excluding steroid dienone is 3. The number of ether oxygens (including phenoxy) is 1. The molecule has 0 radical (unpaired) electrons. The van der Waals surface area contributed by atoms with E-state index in [2.05, 4.69) is 23.8 Å². The van der Waals surface area contributed by atoms with E-state index < -0.39 is 6.23 Å². The fourth-order valence-corrected chi connectivity index (χ4v) is 4.33. The summed E-state index contributed by atoms with van der Waals surface area (Å²) >= 11 is 0. The Labute approximate surface area is 182 Å². The number of nitrogens with zero attached hydrogens (tertiary/aromatic N) is 3. The summed E-state index contributed by atoms with van der Waals surface area (Å²) in [5, 5.41) is 17.1. The van der Waals surface area contributed by atoms with Crippen molar-refractivity contribution in [3.63, 3.8) is 0 Å². The first-order chi connectivity index (χ1) is 14.8. The van der Waals surface area contributed by atoms with Crippen LogP contribution >= 0.6 is 0 Å². The van der Waals surface area contributed by atoms with Gasteiger partial charge in [0.05, 0.1) is 24.1 Å². The maximum Gasteiger partial charge on any atom is 0.337 e. The Kier molecular flexibility index (Phi) is 5.19. The van der Waals surface area contributed by atoms with Crippen LogP contribution in [0.2, 0.25) is 0 Å². The lowest BCUT2D eigenvalue weighted by molar-refractivity contribution is 0.0600. The molecule has 2 aliphatic heterocycles. The molecule has 0 saturated heterocycles. The van der Waals surface area contributed by atoms with Crippen LogP contribution in [0.25, 0.3) is 0 Å². The fourth-order valence-electron chi connectivity index (χ4n) is 4.33. The van der Waals surface area contributed by atoms with E-state index in [4.69, 9.17) is 4.74 Å². The third-order valence-electron chi connectivity index (χ3n) is 6.08. The van der Waals surface area contributed by atoms with Crippen LogP contribution in [-0.4, -0.2) is 37.2 Å². The van der Waals surface area contributed by atoms with Crippen LogP contribution in [0.4, 0.5) is 11.4 Å². The van der Waals surface area contributed by atoms with Gasteiger partial charge in [-0.3, -0.25) is 0 Å². The van der Waals surface area contributed by atoms with Gasteiger partial charge in [-0.25, -0.2) is 9.80 Å². The Morgan fingerprint density at radius 2 is 1.87 bits per heavy atom. The molecule has 6 heteroatoms. The van der Waals surface area contributed by atoms with Gasteiger partial charge in [-0.15, -0.1) is 0 Å². The van der Waals surface area contributed by atoms with Crippen molar-refractivity contribution in [2.75, 3.05) is 24.1 Å². The van der Waals surface area contributed by atoms with E-state index in [-0.39, 0.29) is 11.4 Å². The number of rotatable bonds is 3. The summed E-state index contributed by atoms with van der Waals surface area (Å²) in [6.07, 6.45) is 3.12. The Morgan fingerprint density at radius 3 is 2.55 bits per heavy atom. The molecule has 0 saturated carbocycles. The van der Waals surface area contributed by atoms with E-state index in [0.29, 0.717) is 5.56 Å². The minimum Gasteiger partial charge on any atom is -0.465 e. The number of likely N-dealkylation sites (N-methyl/N-ethyl adjacent to an activating group) is 1. The Balaban J connectivity index is 1.68. The third kappa shape index (κ3) is 3.43. The van der Waals surface area contributed by atoms with Crippen molar-refractivity contribution in [3.05, 3.63) is 83.1 Å². The SMILES string of the molecule is COC(=O)c1ccc2c(c1)C(C)(C)/C(=C/C=C1\C(C)=NN(c3ccccc3)C1O)N2C. The zero-order valence-electron chi connectivity index (χ0n) is 18.5. The van der Waals surface area contributed by atoms with E-state index in [1.807, 2.05) is 68.6 Å². The van der Waals surface area contributed by atoms with Gasteiger partial charge in [-0.2, -0.15) is 5.10 Å². The molecule has 1 atom stereocenters. The topological polar surface area (TPSA) is 65.4 Å². The van der Waals surface area contributed by atoms with Crippen molar-refractivity contribution >= 4 is 23.1 Å². The normalized spacial score (nSPS) is 22.1. The molecule has 4 rings (SSSR count). The minimum absolute atomic E-state index is 0.321. The molecule has 1 unspecified atom stereocenters. The van der Waals surface area contributed by atoms with Gasteiger partial charge in [-0.05, 0) is 48.9 Å². The number of esters is 1. The second kappa shape index (κ2) is 7.71. The molecule has 0 bridgehead atoms. The molecule has 0 fully saturated rings. The lowest BCUT2D eigenvalue weighted by Gasteiger charge is -2.24. The summed E-state index contributed by atoms with van der Waals surface area (Å²) in [4.78, 5) is 14.1. The monoisotopic (exact) mass is 417 g/mol. The summed E-state index contributed by atoms with van der Waals surface area (Å²) in [6.45, 7) is 6.16. The maximum absolute atomic E-state index is 12.0. The molecule has 0 aliphatic carbocycles. The summed E-state index contributed by atoms with van der Waals surface area (Å²) in [6, 6.07) is 15.3. The van der Waals surface area contributed by atoms with Crippen molar-refractivity contribution in [1.82, 2.24) is 0 Å². The molecule has 160 valence electrons. The van der Waals surface area contributed by atoms with Crippen LogP contribution in [-0.2, 0) is 10.2 Å². The molecule has 2 heterocycles. The quantitative estimate of drug-likeness (QED) is 0.758. The number of benzene rings is 2. The van der Waals surface area contributed by atoms with Crippen molar-refractivity contribution in [2.24, 2.45) is 5.10 Å². The van der Waals surface area contributed by atoms with Gasteiger partial charge in [0.25, 0.3) is 0 Å². The Bertz CT molecular complexity index is 1120. The number of hydrogen-bond donors (Lipinski definition) is 1. The zero-order valence-corrected chi connectivity index (χ0v) is 18.5. The molecule has 2 aliphatic rings. The molecule has 0 amide bonds. The van der Waals surface area contributed by atoms with Gasteiger partial charge >= 0.3 is 5.97 Å². The number of para-hydroxylation sites is 1. The predicted octanol–water partition coefficient (Wildman–Crippen LogP) is 4.23. The first-order valence-electron chi connectivity index (χ1n) is 10.2. The molecule has 0 spiro atoms. The zero-order chi connectivity index (χ0) is 22.3. The van der Waals surface area contributed by atoms with Crippen molar-refractivity contribution in [1.29, 1.82) is 0 Å². The van der Waals surface area contributed by atoms with Gasteiger partial charge < -0.3 is 14.7 Å². The van der Waals surface area contributed by atoms with Gasteiger partial charge in [0.2, 0.25) is 0 Å². The number of methoxy groups -OCH3 is 1. The number of hydrazone groups is 1. The standard InChI is InChI=1S/C25H27N3O3/c1-16-19(23(29)28(26-16)18-9-7-6-8-10-18)12-14-22-25(2,3)20-15-17(24(30)31-5)11-13-21(20)27(22)4/h6-15,23,29H,1-5H3/b19-12+,22-14-.